The lowest BCUT2D eigenvalue weighted by Gasteiger charge is -2.33. The number of benzene rings is 1. The molecule has 0 aromatic heterocycles. The van der Waals surface area contributed by atoms with Gasteiger partial charge in [-0.3, -0.25) is 4.79 Å². The van der Waals surface area contributed by atoms with E-state index in [-0.39, 0.29) is 18.0 Å². The first kappa shape index (κ1) is 12.4. The van der Waals surface area contributed by atoms with Crippen molar-refractivity contribution in [2.45, 2.75) is 18.6 Å². The van der Waals surface area contributed by atoms with Crippen LogP contribution in [0.4, 0.5) is 8.78 Å². The number of carbonyl (C=O) groups excluding carboxylic acids is 1. The van der Waals surface area contributed by atoms with E-state index >= 15 is 0 Å². The average molecular weight is 307 g/mol. The number of carbonyl (C=O) groups is 1. The number of ether oxygens (including phenoxy) is 2. The van der Waals surface area contributed by atoms with Crippen LogP contribution in [0.15, 0.2) is 16.6 Å². The number of ketones is 1. The van der Waals surface area contributed by atoms with E-state index in [2.05, 4.69) is 15.9 Å². The van der Waals surface area contributed by atoms with Crippen molar-refractivity contribution in [1.82, 2.24) is 0 Å². The van der Waals surface area contributed by atoms with Gasteiger partial charge in [-0.1, -0.05) is 15.9 Å². The maximum absolute atomic E-state index is 13.4. The molecule has 6 heteroatoms. The topological polar surface area (TPSA) is 35.5 Å². The maximum Gasteiger partial charge on any atom is 0.200 e. The number of rotatable bonds is 3. The Bertz CT molecular complexity index is 464. The molecular weight excluding hydrogens is 298 g/mol. The molecule has 1 aliphatic carbocycles. The van der Waals surface area contributed by atoms with E-state index in [1.165, 1.54) is 13.2 Å². The second-order valence-electron chi connectivity index (χ2n) is 3.68. The molecule has 2 unspecified atom stereocenters. The predicted molar refractivity (Wildman–Crippen MR) is 58.9 cm³/mol. The van der Waals surface area contributed by atoms with Gasteiger partial charge >= 0.3 is 0 Å². The molecule has 1 fully saturated rings. The van der Waals surface area contributed by atoms with Crippen LogP contribution in [0, 0.1) is 11.6 Å². The van der Waals surface area contributed by atoms with Gasteiger partial charge in [0.05, 0.1) is 0 Å². The largest absolute Gasteiger partial charge is 0.484 e. The molecule has 1 aliphatic rings. The van der Waals surface area contributed by atoms with Crippen LogP contribution in [0.5, 0.6) is 5.75 Å². The number of hydrogen-bond donors (Lipinski definition) is 0. The minimum atomic E-state index is -1.07. The van der Waals surface area contributed by atoms with Crippen molar-refractivity contribution in [3.05, 3.63) is 28.2 Å². The molecule has 92 valence electrons. The minimum absolute atomic E-state index is 0.103. The van der Waals surface area contributed by atoms with E-state index in [9.17, 15) is 13.6 Å². The highest BCUT2D eigenvalue weighted by Gasteiger charge is 2.42. The molecule has 17 heavy (non-hydrogen) atoms. The van der Waals surface area contributed by atoms with E-state index in [1.54, 1.807) is 0 Å². The molecule has 0 heterocycles. The summed E-state index contributed by atoms with van der Waals surface area (Å²) in [7, 11) is 1.37. The zero-order valence-corrected chi connectivity index (χ0v) is 10.5. The standard InChI is InChI=1S/C11H9BrF2O3/c1-16-11-7(15)4-9(11)17-8-3-5(12)2-6(13)10(8)14/h2-3,9,11H,4H2,1H3. The number of hydrogen-bond acceptors (Lipinski definition) is 3. The summed E-state index contributed by atoms with van der Waals surface area (Å²) in [6.45, 7) is 0. The summed E-state index contributed by atoms with van der Waals surface area (Å²) in [6, 6.07) is 2.32. The summed E-state index contributed by atoms with van der Waals surface area (Å²) in [4.78, 5) is 11.1. The number of methoxy groups -OCH3 is 1. The van der Waals surface area contributed by atoms with Gasteiger partial charge < -0.3 is 9.47 Å². The highest BCUT2D eigenvalue weighted by atomic mass is 79.9. The normalized spacial score (nSPS) is 23.4. The quantitative estimate of drug-likeness (QED) is 0.805. The van der Waals surface area contributed by atoms with Crippen LogP contribution in [0.3, 0.4) is 0 Å². The Hall–Kier alpha value is -1.01. The Morgan fingerprint density at radius 2 is 2.12 bits per heavy atom. The SMILES string of the molecule is COC1C(=O)CC1Oc1cc(Br)cc(F)c1F. The third-order valence-electron chi connectivity index (χ3n) is 2.55. The third kappa shape index (κ3) is 2.32. The lowest BCUT2D eigenvalue weighted by molar-refractivity contribution is -0.151. The van der Waals surface area contributed by atoms with Crippen LogP contribution in [0.1, 0.15) is 6.42 Å². The molecule has 0 saturated heterocycles. The fourth-order valence-corrected chi connectivity index (χ4v) is 2.05. The lowest BCUT2D eigenvalue weighted by atomic mass is 9.90. The first-order valence-electron chi connectivity index (χ1n) is 4.89. The Morgan fingerprint density at radius 3 is 2.71 bits per heavy atom. The van der Waals surface area contributed by atoms with Gasteiger partial charge in [-0.25, -0.2) is 4.39 Å². The molecule has 3 nitrogen and oxygen atoms in total. The monoisotopic (exact) mass is 306 g/mol. The number of Topliss-reactive ketones (excluding diaryl/α,β-unsaturated/α-hetero) is 1. The van der Waals surface area contributed by atoms with Crippen molar-refractivity contribution < 1.29 is 23.0 Å². The van der Waals surface area contributed by atoms with Crippen molar-refractivity contribution in [3.63, 3.8) is 0 Å². The summed E-state index contributed by atoms with van der Waals surface area (Å²) >= 11 is 3.04. The molecule has 0 spiro atoms. The van der Waals surface area contributed by atoms with Crippen LogP contribution in [-0.2, 0) is 9.53 Å². The molecule has 2 atom stereocenters. The first-order valence-corrected chi connectivity index (χ1v) is 5.69. The molecule has 1 saturated carbocycles. The van der Waals surface area contributed by atoms with Gasteiger partial charge in [0.15, 0.2) is 23.5 Å². The summed E-state index contributed by atoms with van der Waals surface area (Å²) in [6.07, 6.45) is -1.11. The Balaban J connectivity index is 2.17. The van der Waals surface area contributed by atoms with Crippen molar-refractivity contribution in [2.24, 2.45) is 0 Å². The maximum atomic E-state index is 13.4. The molecule has 0 radical (unpaired) electrons. The smallest absolute Gasteiger partial charge is 0.200 e. The zero-order chi connectivity index (χ0) is 12.6. The third-order valence-corrected chi connectivity index (χ3v) is 3.01. The first-order chi connectivity index (χ1) is 8.02. The molecule has 2 rings (SSSR count). The van der Waals surface area contributed by atoms with Gasteiger partial charge in [-0.2, -0.15) is 4.39 Å². The Labute approximate surface area is 105 Å². The van der Waals surface area contributed by atoms with Crippen LogP contribution in [0.25, 0.3) is 0 Å². The molecular formula is C11H9BrF2O3. The predicted octanol–water partition coefficient (Wildman–Crippen LogP) is 2.46. The van der Waals surface area contributed by atoms with Crippen molar-refractivity contribution in [1.29, 1.82) is 0 Å². The van der Waals surface area contributed by atoms with Crippen molar-refractivity contribution in [2.75, 3.05) is 7.11 Å². The van der Waals surface area contributed by atoms with Gasteiger partial charge in [0.2, 0.25) is 5.82 Å². The number of halogens is 3. The van der Waals surface area contributed by atoms with Gasteiger partial charge in [-0.15, -0.1) is 0 Å². The summed E-state index contributed by atoms with van der Waals surface area (Å²) in [5.74, 6) is -2.40. The summed E-state index contributed by atoms with van der Waals surface area (Å²) in [5.41, 5.74) is 0. The zero-order valence-electron chi connectivity index (χ0n) is 8.88. The second kappa shape index (κ2) is 4.70. The fraction of sp³-hybridized carbons (Fsp3) is 0.364. The van der Waals surface area contributed by atoms with Crippen LogP contribution >= 0.6 is 15.9 Å². The van der Waals surface area contributed by atoms with E-state index in [4.69, 9.17) is 9.47 Å². The lowest BCUT2D eigenvalue weighted by Crippen LogP contribution is -2.51. The van der Waals surface area contributed by atoms with Gasteiger partial charge in [0.1, 0.15) is 6.10 Å². The van der Waals surface area contributed by atoms with Gasteiger partial charge in [-0.05, 0) is 12.1 Å². The molecule has 0 bridgehead atoms. The van der Waals surface area contributed by atoms with Gasteiger partial charge in [0.25, 0.3) is 0 Å². The molecule has 1 aromatic rings. The fourth-order valence-electron chi connectivity index (χ4n) is 1.64. The van der Waals surface area contributed by atoms with Crippen molar-refractivity contribution in [3.8, 4) is 5.75 Å². The van der Waals surface area contributed by atoms with Gasteiger partial charge in [0, 0.05) is 18.0 Å². The van der Waals surface area contributed by atoms with E-state index in [1.807, 2.05) is 0 Å². The van der Waals surface area contributed by atoms with E-state index < -0.39 is 23.8 Å². The molecule has 0 amide bonds. The summed E-state index contributed by atoms with van der Waals surface area (Å²) in [5, 5.41) is 0. The molecule has 1 aromatic carbocycles. The Morgan fingerprint density at radius 1 is 1.41 bits per heavy atom. The minimum Gasteiger partial charge on any atom is -0.484 e. The van der Waals surface area contributed by atoms with Crippen molar-refractivity contribution >= 4 is 21.7 Å². The molecule has 0 N–H and O–H groups in total. The highest BCUT2D eigenvalue weighted by Crippen LogP contribution is 2.30. The van der Waals surface area contributed by atoms with E-state index in [0.29, 0.717) is 4.47 Å². The second-order valence-corrected chi connectivity index (χ2v) is 4.60. The Kier molecular flexibility index (Phi) is 3.44. The van der Waals surface area contributed by atoms with Crippen LogP contribution < -0.4 is 4.74 Å². The van der Waals surface area contributed by atoms with Crippen LogP contribution in [-0.4, -0.2) is 25.1 Å². The van der Waals surface area contributed by atoms with Crippen LogP contribution in [0.2, 0.25) is 0 Å². The highest BCUT2D eigenvalue weighted by molar-refractivity contribution is 9.10. The average Bonchev–Trinajstić information content (AvgIpc) is 2.24. The summed E-state index contributed by atoms with van der Waals surface area (Å²) < 4.78 is 36.9. The molecule has 0 aliphatic heterocycles. The van der Waals surface area contributed by atoms with E-state index in [0.717, 1.165) is 6.07 Å².